The molecule has 0 aliphatic carbocycles. The first kappa shape index (κ1) is 24.8. The second kappa shape index (κ2) is 11.0. The average molecular weight is 492 g/mol. The van der Waals surface area contributed by atoms with Gasteiger partial charge >= 0.3 is 0 Å². The van der Waals surface area contributed by atoms with Crippen molar-refractivity contribution in [2.45, 2.75) is 59.7 Å². The van der Waals surface area contributed by atoms with Crippen LogP contribution in [-0.2, 0) is 26.1 Å². The maximum absolute atomic E-state index is 6.59. The average Bonchev–Trinajstić information content (AvgIpc) is 3.23. The summed E-state index contributed by atoms with van der Waals surface area (Å²) in [6.45, 7) is 8.97. The van der Waals surface area contributed by atoms with E-state index >= 15 is 0 Å². The first-order valence-electron chi connectivity index (χ1n) is 13.4. The van der Waals surface area contributed by atoms with Crippen LogP contribution < -0.4 is 10.6 Å². The van der Waals surface area contributed by atoms with Gasteiger partial charge < -0.3 is 15.2 Å². The van der Waals surface area contributed by atoms with E-state index in [4.69, 9.17) is 15.7 Å². The van der Waals surface area contributed by atoms with Crippen LogP contribution in [-0.4, -0.2) is 14.5 Å². The number of nitrogens with two attached hydrogens (primary N) is 1. The van der Waals surface area contributed by atoms with E-state index < -0.39 is 0 Å². The van der Waals surface area contributed by atoms with E-state index in [0.29, 0.717) is 11.9 Å². The molecule has 0 radical (unpaired) electrons. The molecule has 5 nitrogen and oxygen atoms in total. The number of benzene rings is 3. The predicted octanol–water partition coefficient (Wildman–Crippen LogP) is 7.37. The number of aryl methyl sites for hydroxylation is 1. The number of fused-ring (bicyclic) bond motifs is 3. The van der Waals surface area contributed by atoms with Crippen LogP contribution in [0.3, 0.4) is 0 Å². The Hall–Kier alpha value is -3.86. The molecule has 5 aromatic rings. The molecular formula is C32H37N5. The molecule has 0 aliphatic heterocycles. The molecule has 0 unspecified atom stereocenters. The molecule has 0 fully saturated rings. The Morgan fingerprint density at radius 2 is 1.46 bits per heavy atom. The van der Waals surface area contributed by atoms with Crippen molar-refractivity contribution in [2.75, 3.05) is 10.6 Å². The minimum Gasteiger partial charge on any atom is -0.369 e. The molecule has 0 bridgehead atoms. The Labute approximate surface area is 220 Å². The summed E-state index contributed by atoms with van der Waals surface area (Å²) >= 11 is 0. The number of hydrogen-bond acceptors (Lipinski definition) is 4. The van der Waals surface area contributed by atoms with E-state index in [1.165, 1.54) is 16.7 Å². The zero-order chi connectivity index (χ0) is 25.8. The highest BCUT2D eigenvalue weighted by Gasteiger charge is 2.23. The third-order valence-corrected chi connectivity index (χ3v) is 6.88. The molecule has 5 rings (SSSR count). The van der Waals surface area contributed by atoms with Gasteiger partial charge in [0.1, 0.15) is 5.52 Å². The highest BCUT2D eigenvalue weighted by molar-refractivity contribution is 6.08. The Bertz CT molecular complexity index is 1430. The Morgan fingerprint density at radius 3 is 2.05 bits per heavy atom. The molecule has 0 spiro atoms. The summed E-state index contributed by atoms with van der Waals surface area (Å²) in [6.07, 6.45) is 3.30. The SMILES string of the molecule is CCCCc1cccc2c1nc(N(Cc1ccccc1)Cc1ccccc1)c1nc(N)n(CC(C)C)c12. The van der Waals surface area contributed by atoms with Gasteiger partial charge in [-0.3, -0.25) is 0 Å². The highest BCUT2D eigenvalue weighted by Crippen LogP contribution is 2.36. The molecule has 190 valence electrons. The van der Waals surface area contributed by atoms with E-state index in [1.807, 2.05) is 0 Å². The van der Waals surface area contributed by atoms with Gasteiger partial charge in [-0.25, -0.2) is 9.97 Å². The van der Waals surface area contributed by atoms with E-state index in [2.05, 4.69) is 109 Å². The molecule has 2 heterocycles. The molecule has 5 heteroatoms. The molecule has 0 saturated heterocycles. The van der Waals surface area contributed by atoms with E-state index in [0.717, 1.165) is 66.7 Å². The first-order chi connectivity index (χ1) is 18.0. The quantitative estimate of drug-likeness (QED) is 0.221. The fourth-order valence-corrected chi connectivity index (χ4v) is 5.13. The summed E-state index contributed by atoms with van der Waals surface area (Å²) in [5, 5.41) is 1.14. The lowest BCUT2D eigenvalue weighted by Gasteiger charge is -2.25. The first-order valence-corrected chi connectivity index (χ1v) is 13.4. The molecular weight excluding hydrogens is 454 g/mol. The van der Waals surface area contributed by atoms with Gasteiger partial charge in [0.05, 0.1) is 11.0 Å². The smallest absolute Gasteiger partial charge is 0.201 e. The van der Waals surface area contributed by atoms with Crippen LogP contribution in [0.4, 0.5) is 11.8 Å². The maximum Gasteiger partial charge on any atom is 0.201 e. The second-order valence-electron chi connectivity index (χ2n) is 10.4. The Morgan fingerprint density at radius 1 is 0.811 bits per heavy atom. The van der Waals surface area contributed by atoms with Gasteiger partial charge in [-0.2, -0.15) is 0 Å². The van der Waals surface area contributed by atoms with Crippen molar-refractivity contribution < 1.29 is 0 Å². The molecule has 37 heavy (non-hydrogen) atoms. The summed E-state index contributed by atoms with van der Waals surface area (Å²) in [6, 6.07) is 27.8. The third-order valence-electron chi connectivity index (χ3n) is 6.88. The van der Waals surface area contributed by atoms with Crippen molar-refractivity contribution in [3.8, 4) is 0 Å². The predicted molar refractivity (Wildman–Crippen MR) is 156 cm³/mol. The molecule has 0 saturated carbocycles. The zero-order valence-electron chi connectivity index (χ0n) is 22.2. The van der Waals surface area contributed by atoms with Gasteiger partial charge in [-0.1, -0.05) is 106 Å². The number of nitrogen functional groups attached to an aromatic ring is 1. The van der Waals surface area contributed by atoms with Crippen LogP contribution in [0.15, 0.2) is 78.9 Å². The van der Waals surface area contributed by atoms with Crippen molar-refractivity contribution in [1.82, 2.24) is 14.5 Å². The van der Waals surface area contributed by atoms with Gasteiger partial charge in [0.15, 0.2) is 5.82 Å². The van der Waals surface area contributed by atoms with Crippen LogP contribution in [0.5, 0.6) is 0 Å². The minimum absolute atomic E-state index is 0.444. The lowest BCUT2D eigenvalue weighted by atomic mass is 10.0. The van der Waals surface area contributed by atoms with Crippen LogP contribution in [0.25, 0.3) is 21.9 Å². The van der Waals surface area contributed by atoms with Gasteiger partial charge in [0.25, 0.3) is 0 Å². The van der Waals surface area contributed by atoms with Gasteiger partial charge in [-0.15, -0.1) is 0 Å². The monoisotopic (exact) mass is 491 g/mol. The zero-order valence-corrected chi connectivity index (χ0v) is 22.2. The molecule has 3 aromatic carbocycles. The summed E-state index contributed by atoms with van der Waals surface area (Å²) in [4.78, 5) is 12.7. The lowest BCUT2D eigenvalue weighted by Crippen LogP contribution is -2.23. The Balaban J connectivity index is 1.76. The molecule has 2 N–H and O–H groups in total. The van der Waals surface area contributed by atoms with Crippen molar-refractivity contribution in [3.05, 3.63) is 95.6 Å². The summed E-state index contributed by atoms with van der Waals surface area (Å²) < 4.78 is 2.19. The van der Waals surface area contributed by atoms with Gasteiger partial charge in [0, 0.05) is 25.0 Å². The number of pyridine rings is 1. The molecule has 0 amide bonds. The third kappa shape index (κ3) is 5.31. The van der Waals surface area contributed by atoms with Crippen LogP contribution >= 0.6 is 0 Å². The maximum atomic E-state index is 6.59. The van der Waals surface area contributed by atoms with Crippen LogP contribution in [0, 0.1) is 5.92 Å². The summed E-state index contributed by atoms with van der Waals surface area (Å²) in [5.41, 5.74) is 13.4. The van der Waals surface area contributed by atoms with Crippen molar-refractivity contribution in [2.24, 2.45) is 5.92 Å². The highest BCUT2D eigenvalue weighted by atomic mass is 15.2. The largest absolute Gasteiger partial charge is 0.369 e. The molecule has 2 aromatic heterocycles. The molecule has 0 aliphatic rings. The van der Waals surface area contributed by atoms with Crippen molar-refractivity contribution in [3.63, 3.8) is 0 Å². The number of aromatic nitrogens is 3. The number of hydrogen-bond donors (Lipinski definition) is 1. The normalized spacial score (nSPS) is 11.6. The fraction of sp³-hybridized carbons (Fsp3) is 0.312. The van der Waals surface area contributed by atoms with Gasteiger partial charge in [-0.05, 0) is 35.4 Å². The van der Waals surface area contributed by atoms with Crippen molar-refractivity contribution >= 4 is 33.7 Å². The number of para-hydroxylation sites is 1. The molecule has 0 atom stereocenters. The number of unbranched alkanes of at least 4 members (excludes halogenated alkanes) is 1. The fourth-order valence-electron chi connectivity index (χ4n) is 5.13. The van der Waals surface area contributed by atoms with E-state index in [-0.39, 0.29) is 0 Å². The summed E-state index contributed by atoms with van der Waals surface area (Å²) in [7, 11) is 0. The standard InChI is InChI=1S/C32H37N5/c1-4-5-17-26-18-12-19-27-28(26)34-31(29-30(27)37(20-23(2)3)32(33)35-29)36(21-24-13-8-6-9-14-24)22-25-15-10-7-11-16-25/h6-16,18-19,23H,4-5,17,20-22H2,1-3H3,(H2,33,35). The Kier molecular flexibility index (Phi) is 7.40. The summed E-state index contributed by atoms with van der Waals surface area (Å²) in [5.74, 6) is 1.89. The topological polar surface area (TPSA) is 60.0 Å². The number of nitrogens with zero attached hydrogens (tertiary/aromatic N) is 4. The van der Waals surface area contributed by atoms with Crippen LogP contribution in [0.1, 0.15) is 50.3 Å². The minimum atomic E-state index is 0.444. The van der Waals surface area contributed by atoms with Crippen LogP contribution in [0.2, 0.25) is 0 Å². The van der Waals surface area contributed by atoms with Gasteiger partial charge in [0.2, 0.25) is 5.95 Å². The number of imidazole rings is 1. The van der Waals surface area contributed by atoms with E-state index in [9.17, 15) is 0 Å². The second-order valence-corrected chi connectivity index (χ2v) is 10.4. The number of rotatable bonds is 10. The van der Waals surface area contributed by atoms with Crippen molar-refractivity contribution in [1.29, 1.82) is 0 Å². The van der Waals surface area contributed by atoms with E-state index in [1.54, 1.807) is 0 Å². The lowest BCUT2D eigenvalue weighted by molar-refractivity contribution is 0.538. The number of anilines is 2.